The van der Waals surface area contributed by atoms with Gasteiger partial charge in [-0.3, -0.25) is 4.79 Å². The summed E-state index contributed by atoms with van der Waals surface area (Å²) in [5.41, 5.74) is 2.88. The fourth-order valence-corrected chi connectivity index (χ4v) is 2.36. The first kappa shape index (κ1) is 12.0. The predicted octanol–water partition coefficient (Wildman–Crippen LogP) is 2.32. The van der Waals surface area contributed by atoms with E-state index in [1.165, 1.54) is 5.56 Å². The minimum Gasteiger partial charge on any atom is -0.493 e. The number of rotatable bonds is 3. The summed E-state index contributed by atoms with van der Waals surface area (Å²) in [7, 11) is 0. The average molecular weight is 256 g/mol. The van der Waals surface area contributed by atoms with Gasteiger partial charge in [-0.1, -0.05) is 13.3 Å². The molecule has 2 heterocycles. The highest BCUT2D eigenvalue weighted by Crippen LogP contribution is 2.28. The van der Waals surface area contributed by atoms with E-state index in [1.807, 2.05) is 12.1 Å². The highest BCUT2D eigenvalue weighted by Gasteiger charge is 2.13. The summed E-state index contributed by atoms with van der Waals surface area (Å²) in [4.78, 5) is 19.0. The molecular formula is C15H16N2O2. The third-order valence-corrected chi connectivity index (χ3v) is 3.26. The van der Waals surface area contributed by atoms with Crippen molar-refractivity contribution in [3.8, 4) is 17.1 Å². The van der Waals surface area contributed by atoms with Gasteiger partial charge in [-0.2, -0.15) is 0 Å². The first-order valence-corrected chi connectivity index (χ1v) is 6.62. The first-order chi connectivity index (χ1) is 9.26. The second-order valence-corrected chi connectivity index (χ2v) is 4.76. The van der Waals surface area contributed by atoms with E-state index in [0.717, 1.165) is 42.9 Å². The Bertz CT molecular complexity index is 661. The van der Waals surface area contributed by atoms with Gasteiger partial charge in [0.25, 0.3) is 5.56 Å². The van der Waals surface area contributed by atoms with E-state index in [2.05, 4.69) is 23.0 Å². The summed E-state index contributed by atoms with van der Waals surface area (Å²) >= 11 is 0. The molecule has 0 fully saturated rings. The number of hydrogen-bond donors (Lipinski definition) is 1. The Hall–Kier alpha value is -2.10. The number of nitrogens with zero attached hydrogens (tertiary/aromatic N) is 1. The van der Waals surface area contributed by atoms with Crippen LogP contribution in [0.1, 0.15) is 24.6 Å². The summed E-state index contributed by atoms with van der Waals surface area (Å²) in [6, 6.07) is 7.52. The topological polar surface area (TPSA) is 55.0 Å². The molecule has 0 unspecified atom stereocenters. The molecule has 1 aromatic heterocycles. The van der Waals surface area contributed by atoms with Crippen LogP contribution in [0.25, 0.3) is 11.4 Å². The molecule has 0 bridgehead atoms. The van der Waals surface area contributed by atoms with Crippen LogP contribution in [-0.4, -0.2) is 16.6 Å². The lowest BCUT2D eigenvalue weighted by Gasteiger charge is -2.05. The fourth-order valence-electron chi connectivity index (χ4n) is 2.36. The number of benzene rings is 1. The molecule has 0 radical (unpaired) electrons. The molecule has 0 saturated heterocycles. The van der Waals surface area contributed by atoms with Gasteiger partial charge < -0.3 is 9.72 Å². The standard InChI is InChI=1S/C15H16N2O2/c1-2-3-12-9-14(18)17-15(16-12)11-4-5-13-10(8-11)6-7-19-13/h4-5,8-9H,2-3,6-7H2,1H3,(H,16,17,18). The Morgan fingerprint density at radius 3 is 3.11 bits per heavy atom. The van der Waals surface area contributed by atoms with Gasteiger partial charge in [0, 0.05) is 23.7 Å². The largest absolute Gasteiger partial charge is 0.493 e. The van der Waals surface area contributed by atoms with Crippen molar-refractivity contribution in [2.45, 2.75) is 26.2 Å². The van der Waals surface area contributed by atoms with Crippen molar-refractivity contribution in [3.63, 3.8) is 0 Å². The summed E-state index contributed by atoms with van der Waals surface area (Å²) < 4.78 is 5.48. The fraction of sp³-hybridized carbons (Fsp3) is 0.333. The Morgan fingerprint density at radius 2 is 2.26 bits per heavy atom. The number of aryl methyl sites for hydroxylation is 1. The van der Waals surface area contributed by atoms with Gasteiger partial charge in [0.2, 0.25) is 0 Å². The number of H-pyrrole nitrogens is 1. The van der Waals surface area contributed by atoms with Crippen molar-refractivity contribution < 1.29 is 4.74 Å². The molecule has 0 spiro atoms. The number of nitrogens with one attached hydrogen (secondary N) is 1. The molecule has 1 aliphatic heterocycles. The second-order valence-electron chi connectivity index (χ2n) is 4.76. The summed E-state index contributed by atoms with van der Waals surface area (Å²) in [6.07, 6.45) is 2.72. The molecule has 1 aromatic carbocycles. The smallest absolute Gasteiger partial charge is 0.251 e. The maximum atomic E-state index is 11.7. The van der Waals surface area contributed by atoms with E-state index in [1.54, 1.807) is 6.07 Å². The molecule has 2 aromatic rings. The van der Waals surface area contributed by atoms with Crippen LogP contribution in [-0.2, 0) is 12.8 Å². The van der Waals surface area contributed by atoms with Gasteiger partial charge >= 0.3 is 0 Å². The van der Waals surface area contributed by atoms with Gasteiger partial charge in [0.05, 0.1) is 6.61 Å². The third-order valence-electron chi connectivity index (χ3n) is 3.26. The zero-order chi connectivity index (χ0) is 13.2. The molecule has 4 heteroatoms. The summed E-state index contributed by atoms with van der Waals surface area (Å²) in [5, 5.41) is 0. The SMILES string of the molecule is CCCc1cc(=O)[nH]c(-c2ccc3c(c2)CCO3)n1. The number of fused-ring (bicyclic) bond motifs is 1. The van der Waals surface area contributed by atoms with Crippen LogP contribution < -0.4 is 10.3 Å². The van der Waals surface area contributed by atoms with Gasteiger partial charge in [0.15, 0.2) is 0 Å². The van der Waals surface area contributed by atoms with Crippen molar-refractivity contribution >= 4 is 0 Å². The quantitative estimate of drug-likeness (QED) is 0.917. The Kier molecular flexibility index (Phi) is 3.07. The Morgan fingerprint density at radius 1 is 1.37 bits per heavy atom. The Labute approximate surface area is 111 Å². The minimum atomic E-state index is -0.0924. The van der Waals surface area contributed by atoms with Crippen molar-refractivity contribution in [3.05, 3.63) is 45.9 Å². The predicted molar refractivity (Wildman–Crippen MR) is 73.5 cm³/mol. The lowest BCUT2D eigenvalue weighted by Crippen LogP contribution is -2.10. The van der Waals surface area contributed by atoms with Crippen LogP contribution in [0.4, 0.5) is 0 Å². The molecule has 0 aliphatic carbocycles. The monoisotopic (exact) mass is 256 g/mol. The van der Waals surface area contributed by atoms with Crippen molar-refractivity contribution in [1.82, 2.24) is 9.97 Å². The van der Waals surface area contributed by atoms with Gasteiger partial charge in [-0.25, -0.2) is 4.98 Å². The van der Waals surface area contributed by atoms with Crippen LogP contribution in [0.5, 0.6) is 5.75 Å². The number of hydrogen-bond acceptors (Lipinski definition) is 3. The summed E-state index contributed by atoms with van der Waals surface area (Å²) in [6.45, 7) is 2.81. The number of aromatic nitrogens is 2. The normalized spacial score (nSPS) is 13.1. The van der Waals surface area contributed by atoms with Crippen LogP contribution in [0.15, 0.2) is 29.1 Å². The second kappa shape index (κ2) is 4.88. The van der Waals surface area contributed by atoms with E-state index >= 15 is 0 Å². The van der Waals surface area contributed by atoms with Crippen LogP contribution in [0.3, 0.4) is 0 Å². The molecule has 4 nitrogen and oxygen atoms in total. The van der Waals surface area contributed by atoms with Crippen LogP contribution >= 0.6 is 0 Å². The molecule has 3 rings (SSSR count). The maximum absolute atomic E-state index is 11.7. The zero-order valence-electron chi connectivity index (χ0n) is 10.9. The summed E-state index contributed by atoms with van der Waals surface area (Å²) in [5.74, 6) is 1.58. The van der Waals surface area contributed by atoms with E-state index in [0.29, 0.717) is 5.82 Å². The van der Waals surface area contributed by atoms with E-state index in [9.17, 15) is 4.79 Å². The van der Waals surface area contributed by atoms with Crippen molar-refractivity contribution in [1.29, 1.82) is 0 Å². The maximum Gasteiger partial charge on any atom is 0.251 e. The van der Waals surface area contributed by atoms with Gasteiger partial charge in [-0.05, 0) is 30.2 Å². The number of ether oxygens (including phenoxy) is 1. The molecule has 98 valence electrons. The third kappa shape index (κ3) is 2.38. The first-order valence-electron chi connectivity index (χ1n) is 6.62. The molecule has 19 heavy (non-hydrogen) atoms. The van der Waals surface area contributed by atoms with E-state index < -0.39 is 0 Å². The molecular weight excluding hydrogens is 240 g/mol. The lowest BCUT2D eigenvalue weighted by atomic mass is 10.1. The van der Waals surface area contributed by atoms with Gasteiger partial charge in [0.1, 0.15) is 11.6 Å². The molecule has 0 atom stereocenters. The molecule has 1 N–H and O–H groups in total. The van der Waals surface area contributed by atoms with E-state index in [4.69, 9.17) is 4.74 Å². The van der Waals surface area contributed by atoms with E-state index in [-0.39, 0.29) is 5.56 Å². The number of aromatic amines is 1. The molecule has 0 saturated carbocycles. The van der Waals surface area contributed by atoms with Gasteiger partial charge in [-0.15, -0.1) is 0 Å². The lowest BCUT2D eigenvalue weighted by molar-refractivity contribution is 0.357. The van der Waals surface area contributed by atoms with Crippen LogP contribution in [0.2, 0.25) is 0 Å². The highest BCUT2D eigenvalue weighted by molar-refractivity contribution is 5.59. The Balaban J connectivity index is 2.04. The van der Waals surface area contributed by atoms with Crippen LogP contribution in [0, 0.1) is 0 Å². The molecule has 1 aliphatic rings. The minimum absolute atomic E-state index is 0.0924. The van der Waals surface area contributed by atoms with Crippen molar-refractivity contribution in [2.75, 3.05) is 6.61 Å². The van der Waals surface area contributed by atoms with Crippen molar-refractivity contribution in [2.24, 2.45) is 0 Å². The molecule has 0 amide bonds. The highest BCUT2D eigenvalue weighted by atomic mass is 16.5. The average Bonchev–Trinajstić information content (AvgIpc) is 2.85. The zero-order valence-corrected chi connectivity index (χ0v) is 10.9.